The minimum atomic E-state index is -0.738. The lowest BCUT2D eigenvalue weighted by molar-refractivity contribution is -0.135. The van der Waals surface area contributed by atoms with Crippen molar-refractivity contribution in [2.45, 2.75) is 0 Å². The molecule has 0 aliphatic carbocycles. The number of phenolic OH excluding ortho intramolecular Hbond substituents is 1. The Hall–Kier alpha value is -3.26. The topological polar surface area (TPSA) is 88.4 Å². The lowest BCUT2D eigenvalue weighted by Gasteiger charge is -2.04. The van der Waals surface area contributed by atoms with Gasteiger partial charge in [-0.3, -0.25) is 0 Å². The number of nitrogens with zero attached hydrogens (tertiary/aromatic N) is 1. The van der Waals surface area contributed by atoms with Crippen LogP contribution < -0.4 is 4.74 Å². The average molecular weight is 401 g/mol. The highest BCUT2D eigenvalue weighted by Gasteiger charge is 2.33. The van der Waals surface area contributed by atoms with Crippen LogP contribution >= 0.6 is 11.8 Å². The number of aromatic hydroxyl groups is 1. The molecule has 6 nitrogen and oxygen atoms in total. The molecule has 144 valence electrons. The molecule has 0 amide bonds. The van der Waals surface area contributed by atoms with Crippen molar-refractivity contribution in [1.82, 2.24) is 0 Å². The molecule has 1 heterocycles. The van der Waals surface area contributed by atoms with Gasteiger partial charge in [-0.25, -0.2) is 14.2 Å². The molecule has 2 aromatic carbocycles. The number of aliphatic imine (C=N–C) groups is 1. The molecule has 3 rings (SSSR count). The summed E-state index contributed by atoms with van der Waals surface area (Å²) in [4.78, 5) is 16.8. The van der Waals surface area contributed by atoms with E-state index in [9.17, 15) is 19.4 Å². The SMILES string of the molecule is COC(=O)C1=C(O)/C(=C\c2ccc(O)c(OC)c2)SC1=Nc1ccc(F)cc1. The smallest absolute Gasteiger partial charge is 0.344 e. The van der Waals surface area contributed by atoms with Crippen LogP contribution in [-0.2, 0) is 9.53 Å². The predicted octanol–water partition coefficient (Wildman–Crippen LogP) is 4.34. The molecule has 0 fully saturated rings. The molecule has 8 heteroatoms. The molecule has 0 saturated heterocycles. The number of halogens is 1. The number of benzene rings is 2. The standard InChI is InChI=1S/C20H16FNO5S/c1-26-15-9-11(3-8-14(15)23)10-16-18(24)17(20(25)27-2)19(28-16)22-13-6-4-12(21)5-7-13/h3-10,23-24H,1-2H3/b16-10+,22-19?. The molecular weight excluding hydrogens is 385 g/mol. The van der Waals surface area contributed by atoms with Gasteiger partial charge < -0.3 is 19.7 Å². The van der Waals surface area contributed by atoms with Gasteiger partial charge in [0.25, 0.3) is 0 Å². The highest BCUT2D eigenvalue weighted by atomic mass is 32.2. The Bertz CT molecular complexity index is 1010. The quantitative estimate of drug-likeness (QED) is 0.741. The Morgan fingerprint density at radius 1 is 1.14 bits per heavy atom. The molecule has 2 N–H and O–H groups in total. The number of aliphatic hydroxyl groups excluding tert-OH is 1. The van der Waals surface area contributed by atoms with Crippen molar-refractivity contribution < 1.29 is 28.9 Å². The molecule has 1 aliphatic rings. The van der Waals surface area contributed by atoms with Crippen molar-refractivity contribution in [3.63, 3.8) is 0 Å². The van der Waals surface area contributed by atoms with Crippen molar-refractivity contribution in [3.8, 4) is 11.5 Å². The van der Waals surface area contributed by atoms with Gasteiger partial charge in [-0.1, -0.05) is 17.8 Å². The summed E-state index contributed by atoms with van der Waals surface area (Å²) in [5.74, 6) is -1.16. The number of ether oxygens (including phenoxy) is 2. The van der Waals surface area contributed by atoms with E-state index in [1.54, 1.807) is 18.2 Å². The van der Waals surface area contributed by atoms with E-state index in [4.69, 9.17) is 9.47 Å². The van der Waals surface area contributed by atoms with Gasteiger partial charge in [0.2, 0.25) is 0 Å². The zero-order valence-corrected chi connectivity index (χ0v) is 15.8. The Morgan fingerprint density at radius 2 is 1.86 bits per heavy atom. The zero-order chi connectivity index (χ0) is 20.3. The van der Waals surface area contributed by atoms with E-state index in [1.165, 1.54) is 44.6 Å². The van der Waals surface area contributed by atoms with Crippen LogP contribution in [0.2, 0.25) is 0 Å². The Morgan fingerprint density at radius 3 is 2.50 bits per heavy atom. The summed E-state index contributed by atoms with van der Waals surface area (Å²) in [5, 5.41) is 20.5. The monoisotopic (exact) mass is 401 g/mol. The maximum absolute atomic E-state index is 13.1. The van der Waals surface area contributed by atoms with Gasteiger partial charge in [-0.2, -0.15) is 0 Å². The van der Waals surface area contributed by atoms with Crippen molar-refractivity contribution in [3.05, 3.63) is 70.1 Å². The molecule has 1 aliphatic heterocycles. The number of hydrogen-bond acceptors (Lipinski definition) is 7. The minimum absolute atomic E-state index is 0.0164. The maximum Gasteiger partial charge on any atom is 0.344 e. The normalized spacial score (nSPS) is 16.7. The van der Waals surface area contributed by atoms with Crippen molar-refractivity contribution >= 4 is 34.5 Å². The number of thioether (sulfide) groups is 1. The van der Waals surface area contributed by atoms with Crippen LogP contribution in [0.25, 0.3) is 6.08 Å². The second-order valence-corrected chi connectivity index (χ2v) is 6.68. The van der Waals surface area contributed by atoms with Crippen LogP contribution in [0.5, 0.6) is 11.5 Å². The number of methoxy groups -OCH3 is 2. The first kappa shape index (κ1) is 19.5. The van der Waals surface area contributed by atoms with E-state index in [-0.39, 0.29) is 27.9 Å². The van der Waals surface area contributed by atoms with Crippen molar-refractivity contribution in [2.24, 2.45) is 4.99 Å². The lowest BCUT2D eigenvalue weighted by atomic mass is 10.1. The van der Waals surface area contributed by atoms with Gasteiger partial charge >= 0.3 is 5.97 Å². The highest BCUT2D eigenvalue weighted by molar-refractivity contribution is 8.18. The Balaban J connectivity index is 2.03. The van der Waals surface area contributed by atoms with Crippen molar-refractivity contribution in [1.29, 1.82) is 0 Å². The summed E-state index contributed by atoms with van der Waals surface area (Å²) in [5.41, 5.74) is 0.982. The summed E-state index contributed by atoms with van der Waals surface area (Å²) in [6, 6.07) is 10.1. The molecule has 28 heavy (non-hydrogen) atoms. The maximum atomic E-state index is 13.1. The fourth-order valence-electron chi connectivity index (χ4n) is 2.46. The molecule has 0 saturated carbocycles. The first-order valence-corrected chi connectivity index (χ1v) is 8.87. The Labute approximate surface area is 164 Å². The van der Waals surface area contributed by atoms with Crippen molar-refractivity contribution in [2.75, 3.05) is 14.2 Å². The van der Waals surface area contributed by atoms with Crippen LogP contribution in [0, 0.1) is 5.82 Å². The second-order valence-electron chi connectivity index (χ2n) is 5.65. The van der Waals surface area contributed by atoms with Gasteiger partial charge in [-0.05, 0) is 48.0 Å². The molecular formula is C20H16FNO5S. The average Bonchev–Trinajstić information content (AvgIpc) is 2.99. The van der Waals surface area contributed by atoms with Crippen LogP contribution in [0.15, 0.2) is 63.7 Å². The van der Waals surface area contributed by atoms with Crippen LogP contribution in [0.3, 0.4) is 0 Å². The third-order valence-electron chi connectivity index (χ3n) is 3.84. The number of hydrogen-bond donors (Lipinski definition) is 2. The number of carbonyl (C=O) groups is 1. The molecule has 0 atom stereocenters. The molecule has 0 radical (unpaired) electrons. The van der Waals surface area contributed by atoms with Crippen LogP contribution in [0.1, 0.15) is 5.56 Å². The van der Waals surface area contributed by atoms with Gasteiger partial charge in [-0.15, -0.1) is 0 Å². The first-order chi connectivity index (χ1) is 13.4. The molecule has 0 unspecified atom stereocenters. The highest BCUT2D eigenvalue weighted by Crippen LogP contribution is 2.40. The van der Waals surface area contributed by atoms with Gasteiger partial charge in [0.05, 0.1) is 24.8 Å². The molecule has 2 aromatic rings. The van der Waals surface area contributed by atoms with Crippen LogP contribution in [0.4, 0.5) is 10.1 Å². The summed E-state index contributed by atoms with van der Waals surface area (Å²) in [6.07, 6.45) is 1.62. The van der Waals surface area contributed by atoms with Gasteiger partial charge in [0.1, 0.15) is 22.2 Å². The lowest BCUT2D eigenvalue weighted by Crippen LogP contribution is -2.10. The number of phenols is 1. The largest absolute Gasteiger partial charge is 0.506 e. The zero-order valence-electron chi connectivity index (χ0n) is 15.0. The van der Waals surface area contributed by atoms with E-state index in [1.807, 2.05) is 0 Å². The third-order valence-corrected chi connectivity index (χ3v) is 4.86. The van der Waals surface area contributed by atoms with E-state index < -0.39 is 11.8 Å². The summed E-state index contributed by atoms with van der Waals surface area (Å²) < 4.78 is 22.9. The second kappa shape index (κ2) is 8.18. The van der Waals surface area contributed by atoms with Gasteiger partial charge in [0.15, 0.2) is 11.5 Å². The fraction of sp³-hybridized carbons (Fsp3) is 0.100. The van der Waals surface area contributed by atoms with Gasteiger partial charge in [0, 0.05) is 0 Å². The molecule has 0 spiro atoms. The third kappa shape index (κ3) is 4.01. The van der Waals surface area contributed by atoms with E-state index in [0.29, 0.717) is 16.2 Å². The van der Waals surface area contributed by atoms with E-state index in [0.717, 1.165) is 11.8 Å². The number of esters is 1. The van der Waals surface area contributed by atoms with E-state index in [2.05, 4.69) is 4.99 Å². The molecule has 0 bridgehead atoms. The minimum Gasteiger partial charge on any atom is -0.506 e. The summed E-state index contributed by atoms with van der Waals surface area (Å²) in [6.45, 7) is 0. The molecule has 0 aromatic heterocycles. The van der Waals surface area contributed by atoms with Crippen LogP contribution in [-0.4, -0.2) is 35.4 Å². The summed E-state index contributed by atoms with van der Waals surface area (Å²) >= 11 is 1.07. The number of aliphatic hydroxyl groups is 1. The number of rotatable bonds is 4. The summed E-state index contributed by atoms with van der Waals surface area (Å²) in [7, 11) is 2.63. The van der Waals surface area contributed by atoms with E-state index >= 15 is 0 Å². The Kier molecular flexibility index (Phi) is 5.70. The first-order valence-electron chi connectivity index (χ1n) is 8.06. The number of carbonyl (C=O) groups excluding carboxylic acids is 1. The predicted molar refractivity (Wildman–Crippen MR) is 105 cm³/mol. The fourth-order valence-corrected chi connectivity index (χ4v) is 3.49.